The van der Waals surface area contributed by atoms with Crippen LogP contribution in [0, 0.1) is 6.92 Å². The van der Waals surface area contributed by atoms with Crippen LogP contribution in [-0.4, -0.2) is 9.55 Å². The Balaban J connectivity index is 2.33. The van der Waals surface area contributed by atoms with Crippen molar-refractivity contribution >= 4 is 28.3 Å². The van der Waals surface area contributed by atoms with E-state index < -0.39 is 0 Å². The summed E-state index contributed by atoms with van der Waals surface area (Å²) in [5.74, 6) is 0.894. The molecule has 0 atom stereocenters. The number of fused-ring (bicyclic) bond motifs is 1. The molecule has 0 saturated heterocycles. The van der Waals surface area contributed by atoms with E-state index in [1.807, 2.05) is 30.3 Å². The van der Waals surface area contributed by atoms with Crippen LogP contribution in [0.15, 0.2) is 36.4 Å². The number of anilines is 1. The third kappa shape index (κ3) is 2.04. The number of imidazole rings is 1. The van der Waals surface area contributed by atoms with Gasteiger partial charge in [-0.2, -0.15) is 0 Å². The Labute approximate surface area is 123 Å². The van der Waals surface area contributed by atoms with Crippen LogP contribution in [0.25, 0.3) is 22.4 Å². The molecule has 20 heavy (non-hydrogen) atoms. The molecule has 3 rings (SSSR count). The van der Waals surface area contributed by atoms with Crippen molar-refractivity contribution in [3.63, 3.8) is 0 Å². The average Bonchev–Trinajstić information content (AvgIpc) is 2.79. The second kappa shape index (κ2) is 4.84. The van der Waals surface area contributed by atoms with Crippen LogP contribution in [0.5, 0.6) is 0 Å². The number of aromatic nitrogens is 2. The SMILES string of the molecule is CCn1c(-c2cc(C)ccc2N)nc2ccc(Cl)cc21. The van der Waals surface area contributed by atoms with E-state index in [9.17, 15) is 0 Å². The fourth-order valence-electron chi connectivity index (χ4n) is 2.49. The van der Waals surface area contributed by atoms with E-state index in [0.717, 1.165) is 39.7 Å². The van der Waals surface area contributed by atoms with Gasteiger partial charge in [0.2, 0.25) is 0 Å². The second-order valence-corrected chi connectivity index (χ2v) is 5.34. The first kappa shape index (κ1) is 13.0. The molecule has 0 fully saturated rings. The molecule has 0 radical (unpaired) electrons. The lowest BCUT2D eigenvalue weighted by atomic mass is 10.1. The van der Waals surface area contributed by atoms with Gasteiger partial charge in [-0.3, -0.25) is 0 Å². The van der Waals surface area contributed by atoms with E-state index >= 15 is 0 Å². The van der Waals surface area contributed by atoms with Crippen LogP contribution in [0.4, 0.5) is 5.69 Å². The van der Waals surface area contributed by atoms with Gasteiger partial charge in [-0.1, -0.05) is 23.2 Å². The summed E-state index contributed by atoms with van der Waals surface area (Å²) in [4.78, 5) is 4.72. The van der Waals surface area contributed by atoms with Crippen molar-refractivity contribution in [3.05, 3.63) is 47.0 Å². The molecule has 0 spiro atoms. The van der Waals surface area contributed by atoms with Gasteiger partial charge >= 0.3 is 0 Å². The van der Waals surface area contributed by atoms with Crippen LogP contribution in [0.1, 0.15) is 12.5 Å². The topological polar surface area (TPSA) is 43.8 Å². The maximum atomic E-state index is 6.12. The maximum Gasteiger partial charge on any atom is 0.143 e. The fourth-order valence-corrected chi connectivity index (χ4v) is 2.65. The third-order valence-electron chi connectivity index (χ3n) is 3.48. The number of rotatable bonds is 2. The smallest absolute Gasteiger partial charge is 0.143 e. The van der Waals surface area contributed by atoms with Crippen LogP contribution >= 0.6 is 11.6 Å². The zero-order valence-corrected chi connectivity index (χ0v) is 12.3. The largest absolute Gasteiger partial charge is 0.398 e. The van der Waals surface area contributed by atoms with Gasteiger partial charge in [0.15, 0.2) is 0 Å². The highest BCUT2D eigenvalue weighted by atomic mass is 35.5. The Morgan fingerprint density at radius 1 is 1.20 bits per heavy atom. The van der Waals surface area contributed by atoms with E-state index in [-0.39, 0.29) is 0 Å². The number of aryl methyl sites for hydroxylation is 2. The van der Waals surface area contributed by atoms with Crippen molar-refractivity contribution in [1.29, 1.82) is 0 Å². The van der Waals surface area contributed by atoms with E-state index in [1.54, 1.807) is 0 Å². The predicted octanol–water partition coefficient (Wildman–Crippen LogP) is 4.27. The molecule has 4 heteroatoms. The highest BCUT2D eigenvalue weighted by molar-refractivity contribution is 6.31. The molecule has 0 bridgehead atoms. The molecule has 1 heterocycles. The lowest BCUT2D eigenvalue weighted by Crippen LogP contribution is -2.00. The van der Waals surface area contributed by atoms with Crippen molar-refractivity contribution in [3.8, 4) is 11.4 Å². The van der Waals surface area contributed by atoms with Crippen LogP contribution in [-0.2, 0) is 6.54 Å². The summed E-state index contributed by atoms with van der Waals surface area (Å²) in [5.41, 5.74) is 11.0. The Kier molecular flexibility index (Phi) is 3.14. The van der Waals surface area contributed by atoms with Gasteiger partial charge in [0, 0.05) is 22.8 Å². The lowest BCUT2D eigenvalue weighted by Gasteiger charge is -2.09. The number of halogens is 1. The van der Waals surface area contributed by atoms with Crippen molar-refractivity contribution in [1.82, 2.24) is 9.55 Å². The highest BCUT2D eigenvalue weighted by Gasteiger charge is 2.14. The van der Waals surface area contributed by atoms with Gasteiger partial charge < -0.3 is 10.3 Å². The molecular weight excluding hydrogens is 270 g/mol. The van der Waals surface area contributed by atoms with Crippen LogP contribution < -0.4 is 5.73 Å². The molecule has 2 N–H and O–H groups in total. The minimum atomic E-state index is 0.718. The summed E-state index contributed by atoms with van der Waals surface area (Å²) in [6, 6.07) is 11.8. The number of hydrogen-bond donors (Lipinski definition) is 1. The van der Waals surface area contributed by atoms with E-state index in [0.29, 0.717) is 0 Å². The first-order valence-electron chi connectivity index (χ1n) is 6.62. The van der Waals surface area contributed by atoms with Crippen molar-refractivity contribution in [2.24, 2.45) is 0 Å². The molecule has 0 saturated carbocycles. The van der Waals surface area contributed by atoms with Gasteiger partial charge in [0.25, 0.3) is 0 Å². The molecule has 102 valence electrons. The average molecular weight is 286 g/mol. The summed E-state index contributed by atoms with van der Waals surface area (Å²) in [5, 5.41) is 0.718. The number of benzene rings is 2. The molecule has 1 aromatic heterocycles. The number of hydrogen-bond acceptors (Lipinski definition) is 2. The minimum absolute atomic E-state index is 0.718. The minimum Gasteiger partial charge on any atom is -0.398 e. The zero-order chi connectivity index (χ0) is 14.3. The van der Waals surface area contributed by atoms with Gasteiger partial charge in [-0.05, 0) is 44.2 Å². The van der Waals surface area contributed by atoms with Gasteiger partial charge in [0.1, 0.15) is 5.82 Å². The normalized spacial score (nSPS) is 11.2. The van der Waals surface area contributed by atoms with Crippen molar-refractivity contribution in [2.45, 2.75) is 20.4 Å². The number of nitrogen functional groups attached to an aromatic ring is 1. The molecule has 0 aliphatic heterocycles. The predicted molar refractivity (Wildman–Crippen MR) is 85.0 cm³/mol. The summed E-state index contributed by atoms with van der Waals surface area (Å²) in [6.07, 6.45) is 0. The zero-order valence-electron chi connectivity index (χ0n) is 11.5. The number of nitrogens with zero attached hydrogens (tertiary/aromatic N) is 2. The lowest BCUT2D eigenvalue weighted by molar-refractivity contribution is 0.796. The number of nitrogens with two attached hydrogens (primary N) is 1. The Morgan fingerprint density at radius 2 is 2.00 bits per heavy atom. The Hall–Kier alpha value is -2.00. The summed E-state index contributed by atoms with van der Waals surface area (Å²) >= 11 is 6.09. The van der Waals surface area contributed by atoms with E-state index in [1.165, 1.54) is 5.56 Å². The first-order chi connectivity index (χ1) is 9.60. The van der Waals surface area contributed by atoms with Crippen LogP contribution in [0.2, 0.25) is 5.02 Å². The Morgan fingerprint density at radius 3 is 2.75 bits per heavy atom. The molecule has 2 aromatic carbocycles. The molecule has 0 unspecified atom stereocenters. The summed E-state index contributed by atoms with van der Waals surface area (Å²) in [6.45, 7) is 4.97. The fraction of sp³-hybridized carbons (Fsp3) is 0.188. The maximum absolute atomic E-state index is 6.12. The van der Waals surface area contributed by atoms with Gasteiger partial charge in [-0.25, -0.2) is 4.98 Å². The molecule has 3 aromatic rings. The molecular formula is C16H16ClN3. The van der Waals surface area contributed by atoms with Gasteiger partial charge in [0.05, 0.1) is 11.0 Å². The quantitative estimate of drug-likeness (QED) is 0.715. The molecule has 3 nitrogen and oxygen atoms in total. The standard InChI is InChI=1S/C16H16ClN3/c1-3-20-15-9-11(17)5-7-14(15)19-16(20)12-8-10(2)4-6-13(12)18/h4-9H,3,18H2,1-2H3. The molecule has 0 aliphatic carbocycles. The van der Waals surface area contributed by atoms with E-state index in [2.05, 4.69) is 24.5 Å². The van der Waals surface area contributed by atoms with Crippen LogP contribution in [0.3, 0.4) is 0 Å². The first-order valence-corrected chi connectivity index (χ1v) is 7.00. The second-order valence-electron chi connectivity index (χ2n) is 4.90. The third-order valence-corrected chi connectivity index (χ3v) is 3.71. The van der Waals surface area contributed by atoms with Gasteiger partial charge in [-0.15, -0.1) is 0 Å². The van der Waals surface area contributed by atoms with Crippen molar-refractivity contribution in [2.75, 3.05) is 5.73 Å². The molecule has 0 amide bonds. The highest BCUT2D eigenvalue weighted by Crippen LogP contribution is 2.30. The van der Waals surface area contributed by atoms with Crippen molar-refractivity contribution < 1.29 is 0 Å². The Bertz CT molecular complexity index is 790. The van der Waals surface area contributed by atoms with E-state index in [4.69, 9.17) is 22.3 Å². The summed E-state index contributed by atoms with van der Waals surface area (Å²) in [7, 11) is 0. The molecule has 0 aliphatic rings. The monoisotopic (exact) mass is 285 g/mol. The summed E-state index contributed by atoms with van der Waals surface area (Å²) < 4.78 is 2.15.